The lowest BCUT2D eigenvalue weighted by molar-refractivity contribution is -0.118. The van der Waals surface area contributed by atoms with Gasteiger partial charge in [0.2, 0.25) is 5.91 Å². The van der Waals surface area contributed by atoms with Crippen molar-refractivity contribution < 1.29 is 9.53 Å². The average Bonchev–Trinajstić information content (AvgIpc) is 3.22. The number of hydrogen-bond donors (Lipinski definition) is 1. The van der Waals surface area contributed by atoms with Gasteiger partial charge in [0.1, 0.15) is 5.75 Å². The molecule has 8 heteroatoms. The summed E-state index contributed by atoms with van der Waals surface area (Å²) >= 11 is 3.30. The largest absolute Gasteiger partial charge is 0.494 e. The highest BCUT2D eigenvalue weighted by Crippen LogP contribution is 2.31. The molecule has 1 aliphatic heterocycles. The summed E-state index contributed by atoms with van der Waals surface area (Å²) in [7, 11) is 0. The molecule has 1 saturated heterocycles. The van der Waals surface area contributed by atoms with Gasteiger partial charge in [0.15, 0.2) is 5.13 Å². The van der Waals surface area contributed by atoms with Crippen LogP contribution in [0.15, 0.2) is 53.4 Å². The van der Waals surface area contributed by atoms with E-state index in [0.717, 1.165) is 54.0 Å². The molecule has 3 aromatic rings. The highest BCUT2D eigenvalue weighted by atomic mass is 32.2. The van der Waals surface area contributed by atoms with Crippen molar-refractivity contribution in [2.75, 3.05) is 56.5 Å². The van der Waals surface area contributed by atoms with Gasteiger partial charge in [0.05, 0.1) is 22.6 Å². The summed E-state index contributed by atoms with van der Waals surface area (Å²) in [5, 5.41) is 4.12. The van der Waals surface area contributed by atoms with Crippen LogP contribution in [0.25, 0.3) is 10.2 Å². The summed E-state index contributed by atoms with van der Waals surface area (Å²) in [5.41, 5.74) is 1.03. The van der Waals surface area contributed by atoms with Crippen LogP contribution in [0.3, 0.4) is 0 Å². The first kappa shape index (κ1) is 21.9. The normalized spacial score (nSPS) is 14.7. The molecule has 164 valence electrons. The Kier molecular flexibility index (Phi) is 7.66. The number of nitrogens with one attached hydrogen (secondary N) is 1. The van der Waals surface area contributed by atoms with Crippen molar-refractivity contribution in [1.82, 2.24) is 15.2 Å². The van der Waals surface area contributed by atoms with Crippen molar-refractivity contribution in [3.05, 3.63) is 48.5 Å². The molecular formula is C23H28N4O2S2. The molecule has 0 spiro atoms. The molecule has 0 bridgehead atoms. The van der Waals surface area contributed by atoms with Crippen molar-refractivity contribution in [1.29, 1.82) is 0 Å². The molecule has 0 saturated carbocycles. The van der Waals surface area contributed by atoms with E-state index in [-0.39, 0.29) is 5.91 Å². The predicted molar refractivity (Wildman–Crippen MR) is 130 cm³/mol. The van der Waals surface area contributed by atoms with Gasteiger partial charge in [-0.15, -0.1) is 11.8 Å². The van der Waals surface area contributed by atoms with E-state index in [1.54, 1.807) is 23.1 Å². The van der Waals surface area contributed by atoms with E-state index in [1.807, 2.05) is 49.4 Å². The topological polar surface area (TPSA) is 57.7 Å². The number of carbonyl (C=O) groups excluding carboxylic acids is 1. The smallest absolute Gasteiger partial charge is 0.230 e. The number of ether oxygens (including phenoxy) is 1. The summed E-state index contributed by atoms with van der Waals surface area (Å²) in [6.07, 6.45) is 0. The first-order valence-corrected chi connectivity index (χ1v) is 12.5. The third-order valence-corrected chi connectivity index (χ3v) is 7.26. The second-order valence-electron chi connectivity index (χ2n) is 7.34. The predicted octanol–water partition coefficient (Wildman–Crippen LogP) is 3.73. The van der Waals surface area contributed by atoms with Crippen LogP contribution in [0.2, 0.25) is 0 Å². The van der Waals surface area contributed by atoms with Gasteiger partial charge in [-0.05, 0) is 37.3 Å². The highest BCUT2D eigenvalue weighted by molar-refractivity contribution is 8.00. The van der Waals surface area contributed by atoms with E-state index < -0.39 is 0 Å². The molecule has 1 aromatic heterocycles. The number of rotatable bonds is 9. The number of thioether (sulfide) groups is 1. The maximum Gasteiger partial charge on any atom is 0.230 e. The fourth-order valence-corrected chi connectivity index (χ4v) is 5.31. The number of anilines is 1. The zero-order valence-corrected chi connectivity index (χ0v) is 19.4. The molecule has 4 rings (SSSR count). The van der Waals surface area contributed by atoms with Gasteiger partial charge in [0.25, 0.3) is 0 Å². The fourth-order valence-electron chi connectivity index (χ4n) is 3.52. The van der Waals surface area contributed by atoms with Crippen LogP contribution in [-0.2, 0) is 4.79 Å². The zero-order valence-electron chi connectivity index (χ0n) is 17.8. The third kappa shape index (κ3) is 6.12. The first-order valence-electron chi connectivity index (χ1n) is 10.7. The molecule has 1 amide bonds. The lowest BCUT2D eigenvalue weighted by atomic mass is 10.3. The van der Waals surface area contributed by atoms with Crippen molar-refractivity contribution in [2.45, 2.75) is 11.8 Å². The van der Waals surface area contributed by atoms with E-state index in [0.29, 0.717) is 18.9 Å². The first-order chi connectivity index (χ1) is 15.2. The summed E-state index contributed by atoms with van der Waals surface area (Å²) in [5.74, 6) is 1.45. The van der Waals surface area contributed by atoms with Crippen LogP contribution in [0.5, 0.6) is 5.75 Å². The van der Waals surface area contributed by atoms with E-state index >= 15 is 0 Å². The quantitative estimate of drug-likeness (QED) is 0.495. The Morgan fingerprint density at radius 3 is 2.74 bits per heavy atom. The highest BCUT2D eigenvalue weighted by Gasteiger charge is 2.20. The van der Waals surface area contributed by atoms with Gasteiger partial charge in [-0.3, -0.25) is 9.69 Å². The SMILES string of the molecule is CCOc1ccc2nc(N3CCN(CCNC(=O)CSc4ccccc4)CC3)sc2c1. The number of hydrogen-bond acceptors (Lipinski definition) is 7. The Balaban J connectivity index is 1.18. The second-order valence-corrected chi connectivity index (χ2v) is 9.40. The Morgan fingerprint density at radius 2 is 1.97 bits per heavy atom. The monoisotopic (exact) mass is 456 g/mol. The number of carbonyl (C=O) groups is 1. The lowest BCUT2D eigenvalue weighted by Crippen LogP contribution is -2.48. The summed E-state index contributed by atoms with van der Waals surface area (Å²) in [4.78, 5) is 22.8. The minimum absolute atomic E-state index is 0.0911. The Morgan fingerprint density at radius 1 is 1.16 bits per heavy atom. The van der Waals surface area contributed by atoms with Crippen molar-refractivity contribution in [3.63, 3.8) is 0 Å². The average molecular weight is 457 g/mol. The molecule has 1 aliphatic rings. The summed E-state index contributed by atoms with van der Waals surface area (Å²) in [6, 6.07) is 16.1. The molecule has 0 aliphatic carbocycles. The molecule has 0 radical (unpaired) electrons. The number of thiazole rings is 1. The number of aromatic nitrogens is 1. The van der Waals surface area contributed by atoms with Gasteiger partial charge >= 0.3 is 0 Å². The van der Waals surface area contributed by atoms with Crippen LogP contribution < -0.4 is 15.0 Å². The van der Waals surface area contributed by atoms with Gasteiger partial charge in [0, 0.05) is 44.2 Å². The number of amides is 1. The molecule has 1 N–H and O–H groups in total. The molecule has 6 nitrogen and oxygen atoms in total. The molecule has 31 heavy (non-hydrogen) atoms. The van der Waals surface area contributed by atoms with Gasteiger partial charge in [-0.1, -0.05) is 29.5 Å². The number of piperazine rings is 1. The molecule has 0 unspecified atom stereocenters. The Labute approximate surface area is 191 Å². The fraction of sp³-hybridized carbons (Fsp3) is 0.391. The van der Waals surface area contributed by atoms with Gasteiger partial charge in [-0.25, -0.2) is 4.98 Å². The lowest BCUT2D eigenvalue weighted by Gasteiger charge is -2.34. The van der Waals surface area contributed by atoms with Gasteiger partial charge in [-0.2, -0.15) is 0 Å². The summed E-state index contributed by atoms with van der Waals surface area (Å²) in [6.45, 7) is 8.11. The summed E-state index contributed by atoms with van der Waals surface area (Å²) < 4.78 is 6.77. The Hall–Kier alpha value is -2.29. The van der Waals surface area contributed by atoms with Crippen LogP contribution in [0, 0.1) is 0 Å². The molecule has 2 aromatic carbocycles. The van der Waals surface area contributed by atoms with Crippen molar-refractivity contribution in [2.24, 2.45) is 0 Å². The number of nitrogens with zero attached hydrogens (tertiary/aromatic N) is 3. The third-order valence-electron chi connectivity index (χ3n) is 5.17. The standard InChI is InChI=1S/C23H28N4O2S2/c1-2-29-18-8-9-20-21(16-18)31-23(25-20)27-14-12-26(13-15-27)11-10-24-22(28)17-30-19-6-4-3-5-7-19/h3-9,16H,2,10-15,17H2,1H3,(H,24,28). The maximum atomic E-state index is 12.1. The van der Waals surface area contributed by atoms with Crippen LogP contribution in [0.4, 0.5) is 5.13 Å². The number of fused-ring (bicyclic) bond motifs is 1. The second kappa shape index (κ2) is 10.8. The van der Waals surface area contributed by atoms with Gasteiger partial charge < -0.3 is 15.0 Å². The minimum atomic E-state index is 0.0911. The number of benzene rings is 2. The van der Waals surface area contributed by atoms with E-state index in [2.05, 4.69) is 21.2 Å². The van der Waals surface area contributed by atoms with Crippen LogP contribution >= 0.6 is 23.1 Å². The zero-order chi connectivity index (χ0) is 21.5. The van der Waals surface area contributed by atoms with Crippen molar-refractivity contribution >= 4 is 44.4 Å². The van der Waals surface area contributed by atoms with Crippen LogP contribution in [-0.4, -0.2) is 67.4 Å². The van der Waals surface area contributed by atoms with E-state index in [9.17, 15) is 4.79 Å². The van der Waals surface area contributed by atoms with Crippen LogP contribution in [0.1, 0.15) is 6.92 Å². The van der Waals surface area contributed by atoms with E-state index in [1.165, 1.54) is 4.70 Å². The Bertz CT molecular complexity index is 988. The molecule has 0 atom stereocenters. The minimum Gasteiger partial charge on any atom is -0.494 e. The molecule has 1 fully saturated rings. The molecular weight excluding hydrogens is 428 g/mol. The molecule has 2 heterocycles. The van der Waals surface area contributed by atoms with E-state index in [4.69, 9.17) is 9.72 Å². The maximum absolute atomic E-state index is 12.1. The van der Waals surface area contributed by atoms with Crippen molar-refractivity contribution in [3.8, 4) is 5.75 Å².